The summed E-state index contributed by atoms with van der Waals surface area (Å²) in [6.07, 6.45) is 1.32. The van der Waals surface area contributed by atoms with Gasteiger partial charge < -0.3 is 9.73 Å². The SMILES string of the molecule is N#C/C(=C\c1ccc(-c2ccccc2)o1)C(=O)Nc1cccc([N+](=O)[O-])c1. The van der Waals surface area contributed by atoms with E-state index in [9.17, 15) is 20.2 Å². The predicted molar refractivity (Wildman–Crippen MR) is 99.5 cm³/mol. The highest BCUT2D eigenvalue weighted by Gasteiger charge is 2.13. The molecule has 2 aromatic carbocycles. The molecular formula is C20H13N3O4. The molecule has 0 saturated heterocycles. The lowest BCUT2D eigenvalue weighted by Crippen LogP contribution is -2.13. The van der Waals surface area contributed by atoms with E-state index in [0.29, 0.717) is 11.5 Å². The molecule has 0 aliphatic rings. The molecule has 132 valence electrons. The van der Waals surface area contributed by atoms with E-state index in [-0.39, 0.29) is 16.9 Å². The molecule has 7 heteroatoms. The largest absolute Gasteiger partial charge is 0.457 e. The first-order valence-corrected chi connectivity index (χ1v) is 7.89. The van der Waals surface area contributed by atoms with Crippen LogP contribution in [0.25, 0.3) is 17.4 Å². The Bertz CT molecular complexity index is 1060. The van der Waals surface area contributed by atoms with Crippen LogP contribution < -0.4 is 5.32 Å². The Labute approximate surface area is 154 Å². The summed E-state index contributed by atoms with van der Waals surface area (Å²) in [4.78, 5) is 22.5. The third kappa shape index (κ3) is 4.27. The van der Waals surface area contributed by atoms with Gasteiger partial charge in [-0.05, 0) is 18.2 Å². The van der Waals surface area contributed by atoms with Crippen molar-refractivity contribution in [2.75, 3.05) is 5.32 Å². The zero-order chi connectivity index (χ0) is 19.2. The molecule has 27 heavy (non-hydrogen) atoms. The van der Waals surface area contributed by atoms with E-state index >= 15 is 0 Å². The average molecular weight is 359 g/mol. The first kappa shape index (κ1) is 17.6. The number of rotatable bonds is 5. The fourth-order valence-electron chi connectivity index (χ4n) is 2.37. The fourth-order valence-corrected chi connectivity index (χ4v) is 2.37. The highest BCUT2D eigenvalue weighted by molar-refractivity contribution is 6.09. The van der Waals surface area contributed by atoms with Crippen LogP contribution in [-0.4, -0.2) is 10.8 Å². The van der Waals surface area contributed by atoms with Gasteiger partial charge in [0.2, 0.25) is 0 Å². The van der Waals surface area contributed by atoms with Gasteiger partial charge in [0.15, 0.2) is 0 Å². The number of nitriles is 1. The van der Waals surface area contributed by atoms with Crippen LogP contribution in [0.3, 0.4) is 0 Å². The van der Waals surface area contributed by atoms with Crippen LogP contribution in [0.2, 0.25) is 0 Å². The van der Waals surface area contributed by atoms with Crippen molar-refractivity contribution in [3.05, 3.63) is 88.2 Å². The van der Waals surface area contributed by atoms with E-state index < -0.39 is 10.8 Å². The zero-order valence-electron chi connectivity index (χ0n) is 14.0. The van der Waals surface area contributed by atoms with E-state index in [2.05, 4.69) is 5.32 Å². The lowest BCUT2D eigenvalue weighted by atomic mass is 10.2. The molecule has 3 rings (SSSR count). The van der Waals surface area contributed by atoms with Gasteiger partial charge in [-0.1, -0.05) is 36.4 Å². The predicted octanol–water partition coefficient (Wildman–Crippen LogP) is 4.40. The van der Waals surface area contributed by atoms with Crippen molar-refractivity contribution >= 4 is 23.4 Å². The van der Waals surface area contributed by atoms with Crippen molar-refractivity contribution in [3.63, 3.8) is 0 Å². The number of hydrogen-bond acceptors (Lipinski definition) is 5. The average Bonchev–Trinajstić information content (AvgIpc) is 3.15. The molecule has 0 unspecified atom stereocenters. The Hall–Kier alpha value is -4.18. The molecule has 1 amide bonds. The molecule has 1 heterocycles. The summed E-state index contributed by atoms with van der Waals surface area (Å²) in [5, 5.41) is 22.6. The lowest BCUT2D eigenvalue weighted by Gasteiger charge is -2.03. The van der Waals surface area contributed by atoms with Gasteiger partial charge in [0.1, 0.15) is 23.2 Å². The standard InChI is InChI=1S/C20H13N3O4/c21-13-15(20(24)22-16-7-4-8-17(12-16)23(25)26)11-18-9-10-19(27-18)14-5-2-1-3-6-14/h1-12H,(H,22,24)/b15-11+. The Morgan fingerprint density at radius 2 is 1.89 bits per heavy atom. The summed E-state index contributed by atoms with van der Waals surface area (Å²) in [6.45, 7) is 0. The molecular weight excluding hydrogens is 346 g/mol. The third-order valence-corrected chi connectivity index (χ3v) is 3.65. The number of amides is 1. The number of nitro benzene ring substituents is 1. The minimum Gasteiger partial charge on any atom is -0.457 e. The van der Waals surface area contributed by atoms with Gasteiger partial charge in [-0.25, -0.2) is 0 Å². The number of furan rings is 1. The fraction of sp³-hybridized carbons (Fsp3) is 0. The normalized spacial score (nSPS) is 10.9. The van der Waals surface area contributed by atoms with Crippen molar-refractivity contribution < 1.29 is 14.1 Å². The second kappa shape index (κ2) is 7.80. The van der Waals surface area contributed by atoms with Crippen LogP contribution in [0.5, 0.6) is 0 Å². The maximum Gasteiger partial charge on any atom is 0.271 e. The molecule has 0 spiro atoms. The van der Waals surface area contributed by atoms with Crippen molar-refractivity contribution in [1.82, 2.24) is 0 Å². The van der Waals surface area contributed by atoms with Crippen molar-refractivity contribution in [3.8, 4) is 17.4 Å². The smallest absolute Gasteiger partial charge is 0.271 e. The van der Waals surface area contributed by atoms with Crippen LogP contribution in [0, 0.1) is 21.4 Å². The lowest BCUT2D eigenvalue weighted by molar-refractivity contribution is -0.384. The molecule has 0 aliphatic heterocycles. The molecule has 0 radical (unpaired) electrons. The molecule has 0 saturated carbocycles. The maximum atomic E-state index is 12.3. The minimum atomic E-state index is -0.685. The van der Waals surface area contributed by atoms with Crippen LogP contribution >= 0.6 is 0 Å². The van der Waals surface area contributed by atoms with Gasteiger partial charge in [0.05, 0.1) is 4.92 Å². The number of benzene rings is 2. The number of non-ortho nitro benzene ring substituents is 1. The first-order chi connectivity index (χ1) is 13.1. The number of nitrogens with one attached hydrogen (secondary N) is 1. The van der Waals surface area contributed by atoms with Gasteiger partial charge in [-0.3, -0.25) is 14.9 Å². The van der Waals surface area contributed by atoms with Crippen LogP contribution in [0.15, 0.2) is 76.7 Å². The van der Waals surface area contributed by atoms with Gasteiger partial charge in [-0.15, -0.1) is 0 Å². The Morgan fingerprint density at radius 3 is 2.59 bits per heavy atom. The molecule has 0 bridgehead atoms. The van der Waals surface area contributed by atoms with Gasteiger partial charge in [0.25, 0.3) is 11.6 Å². The number of nitro groups is 1. The molecule has 0 fully saturated rings. The summed E-state index contributed by atoms with van der Waals surface area (Å²) in [7, 11) is 0. The number of hydrogen-bond donors (Lipinski definition) is 1. The second-order valence-corrected chi connectivity index (χ2v) is 5.50. The Balaban J connectivity index is 1.79. The van der Waals surface area contributed by atoms with Crippen LogP contribution in [-0.2, 0) is 4.79 Å². The minimum absolute atomic E-state index is 0.158. The summed E-state index contributed by atoms with van der Waals surface area (Å²) < 4.78 is 5.66. The molecule has 1 aromatic heterocycles. The Morgan fingerprint density at radius 1 is 1.11 bits per heavy atom. The summed E-state index contributed by atoms with van der Waals surface area (Å²) in [5.74, 6) is 0.272. The number of anilines is 1. The Kier molecular flexibility index (Phi) is 5.10. The van der Waals surface area contributed by atoms with Gasteiger partial charge in [0, 0.05) is 29.5 Å². The molecule has 7 nitrogen and oxygen atoms in total. The highest BCUT2D eigenvalue weighted by atomic mass is 16.6. The summed E-state index contributed by atoms with van der Waals surface area (Å²) in [5.41, 5.74) is 0.751. The van der Waals surface area contributed by atoms with Crippen molar-refractivity contribution in [2.24, 2.45) is 0 Å². The first-order valence-electron chi connectivity index (χ1n) is 7.89. The van der Waals surface area contributed by atoms with Crippen molar-refractivity contribution in [1.29, 1.82) is 5.26 Å². The summed E-state index contributed by atoms with van der Waals surface area (Å²) >= 11 is 0. The topological polar surface area (TPSA) is 109 Å². The van der Waals surface area contributed by atoms with Crippen LogP contribution in [0.1, 0.15) is 5.76 Å². The molecule has 3 aromatic rings. The van der Waals surface area contributed by atoms with E-state index in [1.165, 1.54) is 30.3 Å². The van der Waals surface area contributed by atoms with Gasteiger partial charge >= 0.3 is 0 Å². The number of carbonyl (C=O) groups excluding carboxylic acids is 1. The highest BCUT2D eigenvalue weighted by Crippen LogP contribution is 2.23. The van der Waals surface area contributed by atoms with E-state index in [1.54, 1.807) is 12.1 Å². The van der Waals surface area contributed by atoms with E-state index in [4.69, 9.17) is 4.42 Å². The molecule has 0 atom stereocenters. The van der Waals surface area contributed by atoms with Crippen LogP contribution in [0.4, 0.5) is 11.4 Å². The molecule has 0 aliphatic carbocycles. The number of carbonyl (C=O) groups is 1. The molecule has 1 N–H and O–H groups in total. The van der Waals surface area contributed by atoms with E-state index in [1.807, 2.05) is 36.4 Å². The van der Waals surface area contributed by atoms with Gasteiger partial charge in [-0.2, -0.15) is 5.26 Å². The van der Waals surface area contributed by atoms with E-state index in [0.717, 1.165) is 5.56 Å². The van der Waals surface area contributed by atoms with Crippen molar-refractivity contribution in [2.45, 2.75) is 0 Å². The monoisotopic (exact) mass is 359 g/mol. The third-order valence-electron chi connectivity index (χ3n) is 3.65. The summed E-state index contributed by atoms with van der Waals surface area (Å²) in [6, 6.07) is 20.1. The zero-order valence-corrected chi connectivity index (χ0v) is 14.0. The number of nitrogens with zero attached hydrogens (tertiary/aromatic N) is 2. The maximum absolute atomic E-state index is 12.3. The quantitative estimate of drug-likeness (QED) is 0.314. The second-order valence-electron chi connectivity index (χ2n) is 5.50.